The zero-order chi connectivity index (χ0) is 13.3. The van der Waals surface area contributed by atoms with Gasteiger partial charge in [0.2, 0.25) is 5.91 Å². The van der Waals surface area contributed by atoms with Gasteiger partial charge in [-0.2, -0.15) is 0 Å². The molecule has 0 aromatic heterocycles. The molecule has 0 atom stereocenters. The quantitative estimate of drug-likeness (QED) is 0.694. The second-order valence-corrected chi connectivity index (χ2v) is 5.84. The molecule has 2 aliphatic carbocycles. The molecule has 0 heterocycles. The number of nitrogens with one attached hydrogen (secondary N) is 2. The maximum Gasteiger partial charge on any atom is 0.234 e. The number of hydrogen-bond acceptors (Lipinski definition) is 3. The lowest BCUT2D eigenvalue weighted by atomic mass is 9.98. The van der Waals surface area contributed by atoms with Crippen molar-refractivity contribution < 1.29 is 9.53 Å². The first-order chi connectivity index (χ1) is 9.34. The van der Waals surface area contributed by atoms with Gasteiger partial charge in [0.25, 0.3) is 0 Å². The van der Waals surface area contributed by atoms with Crippen LogP contribution in [0.15, 0.2) is 0 Å². The van der Waals surface area contributed by atoms with Crippen LogP contribution < -0.4 is 10.6 Å². The summed E-state index contributed by atoms with van der Waals surface area (Å²) in [6, 6.07) is 0.559. The molecule has 2 saturated carbocycles. The Labute approximate surface area is 116 Å². The third-order valence-electron chi connectivity index (χ3n) is 4.24. The first-order valence-electron chi connectivity index (χ1n) is 7.96. The van der Waals surface area contributed by atoms with E-state index in [9.17, 15) is 4.79 Å². The monoisotopic (exact) mass is 268 g/mol. The Bertz CT molecular complexity index is 259. The molecular weight excluding hydrogens is 240 g/mol. The summed E-state index contributed by atoms with van der Waals surface area (Å²) in [6.45, 7) is 1.75. The first-order valence-corrected chi connectivity index (χ1v) is 7.96. The van der Waals surface area contributed by atoms with Crippen LogP contribution in [0.25, 0.3) is 0 Å². The lowest BCUT2D eigenvalue weighted by Gasteiger charge is -2.22. The van der Waals surface area contributed by atoms with Gasteiger partial charge in [-0.05, 0) is 25.7 Å². The predicted molar refractivity (Wildman–Crippen MR) is 76.1 cm³/mol. The molecule has 2 aliphatic rings. The van der Waals surface area contributed by atoms with E-state index in [1.165, 1.54) is 57.8 Å². The average Bonchev–Trinajstić information content (AvgIpc) is 2.96. The van der Waals surface area contributed by atoms with E-state index in [0.717, 1.165) is 0 Å². The van der Waals surface area contributed by atoms with Gasteiger partial charge in [0.15, 0.2) is 0 Å². The Morgan fingerprint density at radius 2 is 1.68 bits per heavy atom. The van der Waals surface area contributed by atoms with Crippen molar-refractivity contribution in [1.29, 1.82) is 0 Å². The maximum atomic E-state index is 11.6. The molecule has 0 aromatic carbocycles. The Morgan fingerprint density at radius 1 is 1.00 bits per heavy atom. The van der Waals surface area contributed by atoms with E-state index >= 15 is 0 Å². The van der Waals surface area contributed by atoms with Crippen LogP contribution in [0.3, 0.4) is 0 Å². The lowest BCUT2D eigenvalue weighted by Crippen LogP contribution is -2.39. The second-order valence-electron chi connectivity index (χ2n) is 5.84. The van der Waals surface area contributed by atoms with Crippen molar-refractivity contribution in [1.82, 2.24) is 10.6 Å². The molecule has 110 valence electrons. The molecule has 0 spiro atoms. The molecule has 0 unspecified atom stereocenters. The van der Waals surface area contributed by atoms with Crippen LogP contribution in [-0.2, 0) is 9.53 Å². The minimum absolute atomic E-state index is 0.0964. The van der Waals surface area contributed by atoms with E-state index in [1.807, 2.05) is 0 Å². The fourth-order valence-electron chi connectivity index (χ4n) is 3.08. The summed E-state index contributed by atoms with van der Waals surface area (Å²) >= 11 is 0. The average molecular weight is 268 g/mol. The minimum Gasteiger partial charge on any atom is -0.376 e. The SMILES string of the molecule is O=C(CNC1CCCC1)NCCOC1CCCCC1. The van der Waals surface area contributed by atoms with Crippen molar-refractivity contribution >= 4 is 5.91 Å². The van der Waals surface area contributed by atoms with Gasteiger partial charge in [0.05, 0.1) is 19.3 Å². The van der Waals surface area contributed by atoms with Crippen molar-refractivity contribution in [2.24, 2.45) is 0 Å². The highest BCUT2D eigenvalue weighted by Gasteiger charge is 2.15. The smallest absolute Gasteiger partial charge is 0.234 e. The summed E-state index contributed by atoms with van der Waals surface area (Å²) in [6.07, 6.45) is 11.8. The topological polar surface area (TPSA) is 50.4 Å². The molecular formula is C15H28N2O2. The van der Waals surface area contributed by atoms with Gasteiger partial charge >= 0.3 is 0 Å². The molecule has 0 bridgehead atoms. The van der Waals surface area contributed by atoms with Crippen molar-refractivity contribution in [2.75, 3.05) is 19.7 Å². The van der Waals surface area contributed by atoms with Crippen LogP contribution in [0, 0.1) is 0 Å². The Morgan fingerprint density at radius 3 is 2.42 bits per heavy atom. The van der Waals surface area contributed by atoms with Crippen LogP contribution >= 0.6 is 0 Å². The fraction of sp³-hybridized carbons (Fsp3) is 0.933. The number of ether oxygens (including phenoxy) is 1. The van der Waals surface area contributed by atoms with Crippen LogP contribution in [-0.4, -0.2) is 37.7 Å². The summed E-state index contributed by atoms with van der Waals surface area (Å²) in [4.78, 5) is 11.6. The van der Waals surface area contributed by atoms with Gasteiger partial charge in [-0.1, -0.05) is 32.1 Å². The predicted octanol–water partition coefficient (Wildman–Crippen LogP) is 1.98. The zero-order valence-electron chi connectivity index (χ0n) is 12.0. The first kappa shape index (κ1) is 14.8. The van der Waals surface area contributed by atoms with Crippen LogP contribution in [0.4, 0.5) is 0 Å². The Hall–Kier alpha value is -0.610. The van der Waals surface area contributed by atoms with Gasteiger partial charge in [0, 0.05) is 12.6 Å². The highest BCUT2D eigenvalue weighted by atomic mass is 16.5. The van der Waals surface area contributed by atoms with E-state index in [0.29, 0.717) is 31.8 Å². The van der Waals surface area contributed by atoms with Gasteiger partial charge < -0.3 is 15.4 Å². The standard InChI is InChI=1S/C15H28N2O2/c18-15(12-17-13-6-4-5-7-13)16-10-11-19-14-8-2-1-3-9-14/h13-14,17H,1-12H2,(H,16,18). The largest absolute Gasteiger partial charge is 0.376 e. The Balaban J connectivity index is 1.44. The van der Waals surface area contributed by atoms with E-state index in [2.05, 4.69) is 10.6 Å². The van der Waals surface area contributed by atoms with Crippen LogP contribution in [0.2, 0.25) is 0 Å². The highest BCUT2D eigenvalue weighted by Crippen LogP contribution is 2.19. The van der Waals surface area contributed by atoms with E-state index in [-0.39, 0.29) is 5.91 Å². The maximum absolute atomic E-state index is 11.6. The van der Waals surface area contributed by atoms with Crippen molar-refractivity contribution in [3.63, 3.8) is 0 Å². The molecule has 2 N–H and O–H groups in total. The van der Waals surface area contributed by atoms with Gasteiger partial charge in [-0.25, -0.2) is 0 Å². The zero-order valence-corrected chi connectivity index (χ0v) is 12.0. The van der Waals surface area contributed by atoms with Crippen LogP contribution in [0.5, 0.6) is 0 Å². The summed E-state index contributed by atoms with van der Waals surface area (Å²) in [5.74, 6) is 0.0964. The highest BCUT2D eigenvalue weighted by molar-refractivity contribution is 5.77. The van der Waals surface area contributed by atoms with Crippen molar-refractivity contribution in [3.05, 3.63) is 0 Å². The number of rotatable bonds is 7. The van der Waals surface area contributed by atoms with Crippen LogP contribution in [0.1, 0.15) is 57.8 Å². The molecule has 2 rings (SSSR count). The fourth-order valence-corrected chi connectivity index (χ4v) is 3.08. The molecule has 1 amide bonds. The molecule has 4 heteroatoms. The lowest BCUT2D eigenvalue weighted by molar-refractivity contribution is -0.120. The molecule has 2 fully saturated rings. The van der Waals surface area contributed by atoms with Gasteiger partial charge in [-0.15, -0.1) is 0 Å². The summed E-state index contributed by atoms with van der Waals surface area (Å²) in [5, 5.41) is 6.24. The Kier molecular flexibility index (Phi) is 6.65. The molecule has 19 heavy (non-hydrogen) atoms. The molecule has 0 aliphatic heterocycles. The van der Waals surface area contributed by atoms with Gasteiger partial charge in [0.1, 0.15) is 0 Å². The molecule has 0 aromatic rings. The van der Waals surface area contributed by atoms with E-state index in [1.54, 1.807) is 0 Å². The summed E-state index contributed by atoms with van der Waals surface area (Å²) in [7, 11) is 0. The van der Waals surface area contributed by atoms with Crippen molar-refractivity contribution in [2.45, 2.75) is 69.9 Å². The third-order valence-corrected chi connectivity index (χ3v) is 4.24. The second kappa shape index (κ2) is 8.54. The molecule has 4 nitrogen and oxygen atoms in total. The molecule has 0 radical (unpaired) electrons. The number of amides is 1. The third kappa shape index (κ3) is 5.91. The molecule has 0 saturated heterocycles. The number of hydrogen-bond donors (Lipinski definition) is 2. The van der Waals surface area contributed by atoms with Gasteiger partial charge in [-0.3, -0.25) is 4.79 Å². The van der Waals surface area contributed by atoms with E-state index in [4.69, 9.17) is 4.74 Å². The normalized spacial score (nSPS) is 21.7. The van der Waals surface area contributed by atoms with E-state index < -0.39 is 0 Å². The number of carbonyl (C=O) groups excluding carboxylic acids is 1. The van der Waals surface area contributed by atoms with Crippen molar-refractivity contribution in [3.8, 4) is 0 Å². The number of carbonyl (C=O) groups is 1. The summed E-state index contributed by atoms with van der Waals surface area (Å²) < 4.78 is 5.78. The summed E-state index contributed by atoms with van der Waals surface area (Å²) in [5.41, 5.74) is 0. The minimum atomic E-state index is 0.0964.